The van der Waals surface area contributed by atoms with E-state index in [1.165, 1.54) is 0 Å². The summed E-state index contributed by atoms with van der Waals surface area (Å²) in [5.41, 5.74) is 2.28. The number of rotatable bonds is 2. The van der Waals surface area contributed by atoms with Gasteiger partial charge in [0.2, 0.25) is 0 Å². The van der Waals surface area contributed by atoms with Crippen LogP contribution in [0.5, 0.6) is 11.5 Å². The van der Waals surface area contributed by atoms with Crippen molar-refractivity contribution < 1.29 is 9.84 Å². The minimum Gasteiger partial charge on any atom is -0.507 e. The lowest BCUT2D eigenvalue weighted by atomic mass is 10.1. The van der Waals surface area contributed by atoms with Crippen molar-refractivity contribution >= 4 is 5.65 Å². The fourth-order valence-electron chi connectivity index (χ4n) is 1.92. The number of phenols is 1. The first-order valence-corrected chi connectivity index (χ1v) is 5.59. The van der Waals surface area contributed by atoms with Crippen molar-refractivity contribution in [2.45, 2.75) is 0 Å². The quantitative estimate of drug-likeness (QED) is 0.749. The standard InChI is InChI=1S/C14H12N2O2/c1-18-10-5-6-11(13(17)8-10)12-9-16-7-3-2-4-14(16)15-12/h2-9,17H,1H3. The van der Waals surface area contributed by atoms with Crippen LogP contribution in [-0.4, -0.2) is 21.6 Å². The first-order chi connectivity index (χ1) is 8.78. The summed E-state index contributed by atoms with van der Waals surface area (Å²) in [5, 5.41) is 9.97. The maximum absolute atomic E-state index is 9.97. The Morgan fingerprint density at radius 1 is 1.22 bits per heavy atom. The fraction of sp³-hybridized carbons (Fsp3) is 0.0714. The van der Waals surface area contributed by atoms with Crippen LogP contribution >= 0.6 is 0 Å². The highest BCUT2D eigenvalue weighted by atomic mass is 16.5. The number of aromatic nitrogens is 2. The van der Waals surface area contributed by atoms with Crippen LogP contribution in [0.25, 0.3) is 16.9 Å². The van der Waals surface area contributed by atoms with Gasteiger partial charge in [-0.1, -0.05) is 6.07 Å². The third-order valence-corrected chi connectivity index (χ3v) is 2.84. The van der Waals surface area contributed by atoms with Gasteiger partial charge in [-0.2, -0.15) is 0 Å². The average Bonchev–Trinajstić information content (AvgIpc) is 2.81. The van der Waals surface area contributed by atoms with Crippen LogP contribution in [0.1, 0.15) is 0 Å². The van der Waals surface area contributed by atoms with Crippen molar-refractivity contribution in [3.05, 3.63) is 48.8 Å². The van der Waals surface area contributed by atoms with Crippen LogP contribution in [0, 0.1) is 0 Å². The second-order valence-corrected chi connectivity index (χ2v) is 3.98. The molecule has 2 aromatic heterocycles. The molecule has 90 valence electrons. The summed E-state index contributed by atoms with van der Waals surface area (Å²) < 4.78 is 6.97. The second-order valence-electron chi connectivity index (χ2n) is 3.98. The third kappa shape index (κ3) is 1.68. The lowest BCUT2D eigenvalue weighted by Crippen LogP contribution is -1.84. The number of benzene rings is 1. The van der Waals surface area contributed by atoms with E-state index < -0.39 is 0 Å². The van der Waals surface area contributed by atoms with Crippen LogP contribution < -0.4 is 4.74 Å². The molecular weight excluding hydrogens is 228 g/mol. The first kappa shape index (κ1) is 10.7. The number of methoxy groups -OCH3 is 1. The molecule has 0 radical (unpaired) electrons. The van der Waals surface area contributed by atoms with E-state index in [1.807, 2.05) is 35.0 Å². The summed E-state index contributed by atoms with van der Waals surface area (Å²) in [4.78, 5) is 4.46. The Balaban J connectivity index is 2.14. The van der Waals surface area contributed by atoms with Gasteiger partial charge in [0.05, 0.1) is 12.8 Å². The third-order valence-electron chi connectivity index (χ3n) is 2.84. The topological polar surface area (TPSA) is 46.8 Å². The Hall–Kier alpha value is -2.49. The summed E-state index contributed by atoms with van der Waals surface area (Å²) in [6.07, 6.45) is 3.81. The SMILES string of the molecule is COc1ccc(-c2cn3ccccc3n2)c(O)c1. The maximum atomic E-state index is 9.97. The van der Waals surface area contributed by atoms with Crippen molar-refractivity contribution in [2.24, 2.45) is 0 Å². The monoisotopic (exact) mass is 240 g/mol. The predicted octanol–water partition coefficient (Wildman–Crippen LogP) is 2.72. The molecule has 0 bridgehead atoms. The first-order valence-electron chi connectivity index (χ1n) is 5.59. The number of fused-ring (bicyclic) bond motifs is 1. The van der Waals surface area contributed by atoms with Gasteiger partial charge in [0.15, 0.2) is 0 Å². The van der Waals surface area contributed by atoms with Crippen LogP contribution in [0.15, 0.2) is 48.8 Å². The molecule has 0 saturated heterocycles. The molecule has 0 aliphatic carbocycles. The highest BCUT2D eigenvalue weighted by Crippen LogP contribution is 2.31. The van der Waals surface area contributed by atoms with E-state index >= 15 is 0 Å². The van der Waals surface area contributed by atoms with Crippen molar-refractivity contribution in [2.75, 3.05) is 7.11 Å². The molecule has 1 aromatic carbocycles. The normalized spacial score (nSPS) is 10.7. The van der Waals surface area contributed by atoms with E-state index in [0.29, 0.717) is 11.3 Å². The van der Waals surface area contributed by atoms with E-state index in [1.54, 1.807) is 25.3 Å². The molecular formula is C14H12N2O2. The predicted molar refractivity (Wildman–Crippen MR) is 68.8 cm³/mol. The van der Waals surface area contributed by atoms with Crippen molar-refractivity contribution in [3.8, 4) is 22.8 Å². The van der Waals surface area contributed by atoms with E-state index in [9.17, 15) is 5.11 Å². The molecule has 4 heteroatoms. The zero-order valence-corrected chi connectivity index (χ0v) is 9.87. The smallest absolute Gasteiger partial charge is 0.137 e. The molecule has 0 saturated carbocycles. The van der Waals surface area contributed by atoms with Crippen LogP contribution in [0.4, 0.5) is 0 Å². The minimum atomic E-state index is 0.165. The Bertz CT molecular complexity index is 671. The molecule has 2 heterocycles. The summed E-state index contributed by atoms with van der Waals surface area (Å²) in [7, 11) is 1.57. The second kappa shape index (κ2) is 4.07. The van der Waals surface area contributed by atoms with Gasteiger partial charge in [-0.15, -0.1) is 0 Å². The van der Waals surface area contributed by atoms with Gasteiger partial charge < -0.3 is 14.2 Å². The summed E-state index contributed by atoms with van der Waals surface area (Å²) >= 11 is 0. The Kier molecular flexibility index (Phi) is 2.41. The molecule has 1 N–H and O–H groups in total. The number of phenolic OH excluding ortho intramolecular Hbond substituents is 1. The minimum absolute atomic E-state index is 0.165. The van der Waals surface area contributed by atoms with Crippen molar-refractivity contribution in [1.82, 2.24) is 9.38 Å². The molecule has 0 aliphatic heterocycles. The Labute approximate surface area is 104 Å². The molecule has 3 aromatic rings. The molecule has 0 amide bonds. The highest BCUT2D eigenvalue weighted by Gasteiger charge is 2.09. The number of nitrogens with zero attached hydrogens (tertiary/aromatic N) is 2. The number of imidazole rings is 1. The highest BCUT2D eigenvalue weighted by molar-refractivity contribution is 5.69. The molecule has 0 fully saturated rings. The zero-order chi connectivity index (χ0) is 12.5. The Morgan fingerprint density at radius 2 is 2.11 bits per heavy atom. The largest absolute Gasteiger partial charge is 0.507 e. The number of pyridine rings is 1. The molecule has 0 unspecified atom stereocenters. The molecule has 3 rings (SSSR count). The number of ether oxygens (including phenoxy) is 1. The molecule has 0 spiro atoms. The van der Waals surface area contributed by atoms with Crippen LogP contribution in [-0.2, 0) is 0 Å². The summed E-state index contributed by atoms with van der Waals surface area (Å²) in [6, 6.07) is 11.0. The van der Waals surface area contributed by atoms with Gasteiger partial charge in [0, 0.05) is 24.0 Å². The number of hydrogen-bond acceptors (Lipinski definition) is 3. The average molecular weight is 240 g/mol. The van der Waals surface area contributed by atoms with Gasteiger partial charge in [-0.3, -0.25) is 0 Å². The van der Waals surface area contributed by atoms with E-state index in [-0.39, 0.29) is 5.75 Å². The van der Waals surface area contributed by atoms with Crippen molar-refractivity contribution in [1.29, 1.82) is 0 Å². The van der Waals surface area contributed by atoms with Crippen molar-refractivity contribution in [3.63, 3.8) is 0 Å². The van der Waals surface area contributed by atoms with E-state index in [2.05, 4.69) is 4.98 Å². The van der Waals surface area contributed by atoms with Gasteiger partial charge in [-0.05, 0) is 24.3 Å². The molecule has 0 atom stereocenters. The van der Waals surface area contributed by atoms with Crippen LogP contribution in [0.2, 0.25) is 0 Å². The molecule has 0 aliphatic rings. The van der Waals surface area contributed by atoms with Gasteiger partial charge >= 0.3 is 0 Å². The number of aromatic hydroxyl groups is 1. The summed E-state index contributed by atoms with van der Waals surface area (Å²) in [5.74, 6) is 0.790. The fourth-order valence-corrected chi connectivity index (χ4v) is 1.92. The van der Waals surface area contributed by atoms with E-state index in [0.717, 1.165) is 11.3 Å². The molecule has 4 nitrogen and oxygen atoms in total. The lowest BCUT2D eigenvalue weighted by molar-refractivity contribution is 0.408. The Morgan fingerprint density at radius 3 is 2.83 bits per heavy atom. The van der Waals surface area contributed by atoms with Gasteiger partial charge in [0.25, 0.3) is 0 Å². The lowest BCUT2D eigenvalue weighted by Gasteiger charge is -2.03. The zero-order valence-electron chi connectivity index (χ0n) is 9.87. The van der Waals surface area contributed by atoms with E-state index in [4.69, 9.17) is 4.74 Å². The van der Waals surface area contributed by atoms with Gasteiger partial charge in [-0.25, -0.2) is 4.98 Å². The molecule has 18 heavy (non-hydrogen) atoms. The number of hydrogen-bond donors (Lipinski definition) is 1. The van der Waals surface area contributed by atoms with Crippen LogP contribution in [0.3, 0.4) is 0 Å². The van der Waals surface area contributed by atoms with Gasteiger partial charge in [0.1, 0.15) is 17.1 Å². The summed E-state index contributed by atoms with van der Waals surface area (Å²) in [6.45, 7) is 0. The maximum Gasteiger partial charge on any atom is 0.137 e.